The zero-order valence-corrected chi connectivity index (χ0v) is 17.5. The van der Waals surface area contributed by atoms with Gasteiger partial charge in [0.1, 0.15) is 0 Å². The zero-order chi connectivity index (χ0) is 22.9. The summed E-state index contributed by atoms with van der Waals surface area (Å²) in [7, 11) is 1.44. The lowest BCUT2D eigenvalue weighted by atomic mass is 10.2. The summed E-state index contributed by atoms with van der Waals surface area (Å²) in [6.07, 6.45) is 1.34. The van der Waals surface area contributed by atoms with E-state index < -0.39 is 17.8 Å². The summed E-state index contributed by atoms with van der Waals surface area (Å²) in [6, 6.07) is 20.4. The molecule has 0 bridgehead atoms. The number of hydrogen-bond donors (Lipinski definition) is 2. The molecule has 0 aliphatic rings. The van der Waals surface area contributed by atoms with Gasteiger partial charge in [-0.05, 0) is 55.0 Å². The number of benzene rings is 3. The minimum atomic E-state index is -0.915. The number of nitrogens with one attached hydrogen (secondary N) is 2. The third-order valence-corrected chi connectivity index (χ3v) is 4.30. The van der Waals surface area contributed by atoms with Gasteiger partial charge in [0.05, 0.1) is 18.9 Å². The third-order valence-electron chi connectivity index (χ3n) is 4.30. The van der Waals surface area contributed by atoms with Gasteiger partial charge in [0, 0.05) is 5.69 Å². The van der Waals surface area contributed by atoms with Crippen LogP contribution in [0, 0.1) is 6.92 Å². The largest absolute Gasteiger partial charge is 0.493 e. The third kappa shape index (κ3) is 6.02. The minimum absolute atomic E-state index is 0.236. The van der Waals surface area contributed by atoms with E-state index in [1.54, 1.807) is 60.7 Å². The smallest absolute Gasteiger partial charge is 0.343 e. The average Bonchev–Trinajstić information content (AvgIpc) is 2.81. The Morgan fingerprint density at radius 3 is 2.28 bits per heavy atom. The second-order valence-corrected chi connectivity index (χ2v) is 6.69. The molecule has 0 aliphatic carbocycles. The van der Waals surface area contributed by atoms with Crippen molar-refractivity contribution in [3.63, 3.8) is 0 Å². The molecule has 32 heavy (non-hydrogen) atoms. The Hall–Kier alpha value is -4.46. The Morgan fingerprint density at radius 2 is 1.59 bits per heavy atom. The van der Waals surface area contributed by atoms with Gasteiger partial charge in [-0.25, -0.2) is 10.2 Å². The summed E-state index contributed by atoms with van der Waals surface area (Å²) in [6.45, 7) is 1.92. The number of aryl methyl sites for hydroxylation is 1. The monoisotopic (exact) mass is 431 g/mol. The van der Waals surface area contributed by atoms with Crippen LogP contribution in [0.1, 0.15) is 21.5 Å². The fraction of sp³-hybridized carbons (Fsp3) is 0.0833. The molecule has 0 aromatic heterocycles. The molecule has 0 atom stereocenters. The van der Waals surface area contributed by atoms with Gasteiger partial charge in [-0.3, -0.25) is 9.59 Å². The van der Waals surface area contributed by atoms with Crippen molar-refractivity contribution < 1.29 is 23.9 Å². The van der Waals surface area contributed by atoms with Crippen LogP contribution in [-0.4, -0.2) is 31.1 Å². The van der Waals surface area contributed by atoms with Crippen LogP contribution in [0.5, 0.6) is 11.5 Å². The first-order chi connectivity index (χ1) is 15.5. The maximum absolute atomic E-state index is 12.2. The molecule has 0 spiro atoms. The molecule has 0 unspecified atom stereocenters. The van der Waals surface area contributed by atoms with Gasteiger partial charge in [0.2, 0.25) is 0 Å². The van der Waals surface area contributed by atoms with E-state index in [1.165, 1.54) is 13.3 Å². The molecule has 2 N–H and O–H groups in total. The van der Waals surface area contributed by atoms with Crippen molar-refractivity contribution in [2.75, 3.05) is 12.4 Å². The summed E-state index contributed by atoms with van der Waals surface area (Å²) >= 11 is 0. The molecule has 3 aromatic carbocycles. The predicted octanol–water partition coefficient (Wildman–Crippen LogP) is 3.31. The maximum Gasteiger partial charge on any atom is 0.343 e. The maximum atomic E-state index is 12.2. The van der Waals surface area contributed by atoms with Crippen molar-refractivity contribution in [1.82, 2.24) is 5.43 Å². The molecule has 8 nitrogen and oxygen atoms in total. The number of esters is 1. The number of amides is 2. The first-order valence-electron chi connectivity index (χ1n) is 9.62. The van der Waals surface area contributed by atoms with Gasteiger partial charge in [-0.1, -0.05) is 35.9 Å². The Bertz CT molecular complexity index is 1140. The van der Waals surface area contributed by atoms with Gasteiger partial charge in [0.15, 0.2) is 11.5 Å². The summed E-state index contributed by atoms with van der Waals surface area (Å²) in [5.74, 6) is -1.73. The van der Waals surface area contributed by atoms with Gasteiger partial charge < -0.3 is 14.8 Å². The van der Waals surface area contributed by atoms with Crippen LogP contribution >= 0.6 is 0 Å². The first kappa shape index (κ1) is 22.2. The molecule has 0 heterocycles. The van der Waals surface area contributed by atoms with Gasteiger partial charge in [-0.2, -0.15) is 5.10 Å². The van der Waals surface area contributed by atoms with Gasteiger partial charge in [-0.15, -0.1) is 0 Å². The van der Waals surface area contributed by atoms with E-state index >= 15 is 0 Å². The lowest BCUT2D eigenvalue weighted by Gasteiger charge is -2.10. The van der Waals surface area contributed by atoms with Crippen molar-refractivity contribution in [3.8, 4) is 11.5 Å². The lowest BCUT2D eigenvalue weighted by Crippen LogP contribution is -2.32. The van der Waals surface area contributed by atoms with Crippen LogP contribution in [0.3, 0.4) is 0 Å². The Kier molecular flexibility index (Phi) is 7.32. The van der Waals surface area contributed by atoms with Gasteiger partial charge in [0.25, 0.3) is 0 Å². The van der Waals surface area contributed by atoms with Crippen molar-refractivity contribution in [2.24, 2.45) is 5.10 Å². The number of carbonyl (C=O) groups excluding carboxylic acids is 3. The fourth-order valence-corrected chi connectivity index (χ4v) is 2.62. The lowest BCUT2D eigenvalue weighted by molar-refractivity contribution is -0.136. The number of methoxy groups -OCH3 is 1. The second-order valence-electron chi connectivity index (χ2n) is 6.69. The second kappa shape index (κ2) is 10.5. The van der Waals surface area contributed by atoms with Crippen LogP contribution in [0.2, 0.25) is 0 Å². The molecule has 3 rings (SSSR count). The molecule has 8 heteroatoms. The quantitative estimate of drug-likeness (QED) is 0.205. The summed E-state index contributed by atoms with van der Waals surface area (Å²) in [4.78, 5) is 36.1. The molecule has 0 aliphatic heterocycles. The van der Waals surface area contributed by atoms with E-state index in [0.717, 1.165) is 5.56 Å². The first-order valence-corrected chi connectivity index (χ1v) is 9.62. The predicted molar refractivity (Wildman–Crippen MR) is 120 cm³/mol. The Labute approximate surface area is 184 Å². The fourth-order valence-electron chi connectivity index (χ4n) is 2.62. The highest BCUT2D eigenvalue weighted by Gasteiger charge is 2.14. The topological polar surface area (TPSA) is 106 Å². The highest BCUT2D eigenvalue weighted by Crippen LogP contribution is 2.28. The number of carbonyl (C=O) groups is 3. The molecule has 3 aromatic rings. The molecule has 0 saturated heterocycles. The standard InChI is InChI=1S/C24H21N3O5/c1-16-8-11-19(12-9-16)26-22(28)23(29)27-25-15-17-10-13-20(21(14-17)31-2)32-24(30)18-6-4-3-5-7-18/h3-15H,1-2H3,(H,26,28)(H,27,29)/b25-15-. The van der Waals surface area contributed by atoms with Crippen molar-refractivity contribution >= 4 is 29.7 Å². The molecule has 162 valence electrons. The summed E-state index contributed by atoms with van der Waals surface area (Å²) < 4.78 is 10.7. The van der Waals surface area contributed by atoms with Crippen LogP contribution in [0.4, 0.5) is 5.69 Å². The number of nitrogens with zero attached hydrogens (tertiary/aromatic N) is 1. The van der Waals surface area contributed by atoms with Crippen LogP contribution < -0.4 is 20.2 Å². The van der Waals surface area contributed by atoms with Crippen molar-refractivity contribution in [2.45, 2.75) is 6.92 Å². The number of hydrazone groups is 1. The SMILES string of the molecule is COc1cc(/C=N\NC(=O)C(=O)Nc2ccc(C)cc2)ccc1OC(=O)c1ccccc1. The van der Waals surface area contributed by atoms with Crippen LogP contribution in [0.15, 0.2) is 77.9 Å². The highest BCUT2D eigenvalue weighted by molar-refractivity contribution is 6.39. The molecule has 0 fully saturated rings. The number of anilines is 1. The van der Waals surface area contributed by atoms with Crippen LogP contribution in [0.25, 0.3) is 0 Å². The Balaban J connectivity index is 1.59. The summed E-state index contributed by atoms with van der Waals surface area (Å²) in [5.41, 5.74) is 4.67. The zero-order valence-electron chi connectivity index (χ0n) is 17.5. The molecule has 0 saturated carbocycles. The Morgan fingerprint density at radius 1 is 0.875 bits per heavy atom. The van der Waals surface area contributed by atoms with Crippen LogP contribution in [-0.2, 0) is 9.59 Å². The van der Waals surface area contributed by atoms with E-state index in [-0.39, 0.29) is 5.75 Å². The van der Waals surface area contributed by atoms with E-state index in [2.05, 4.69) is 15.8 Å². The van der Waals surface area contributed by atoms with Crippen molar-refractivity contribution in [3.05, 3.63) is 89.5 Å². The van der Waals surface area contributed by atoms with E-state index in [9.17, 15) is 14.4 Å². The summed E-state index contributed by atoms with van der Waals surface area (Å²) in [5, 5.41) is 6.26. The molecule has 0 radical (unpaired) electrons. The van der Waals surface area contributed by atoms with Crippen molar-refractivity contribution in [1.29, 1.82) is 0 Å². The molecule has 2 amide bonds. The van der Waals surface area contributed by atoms with E-state index in [0.29, 0.717) is 22.6 Å². The molecular formula is C24H21N3O5. The molecular weight excluding hydrogens is 410 g/mol. The normalized spacial score (nSPS) is 10.4. The van der Waals surface area contributed by atoms with E-state index in [1.807, 2.05) is 19.1 Å². The number of hydrogen-bond acceptors (Lipinski definition) is 6. The highest BCUT2D eigenvalue weighted by atomic mass is 16.6. The van der Waals surface area contributed by atoms with Gasteiger partial charge >= 0.3 is 17.8 Å². The number of ether oxygens (including phenoxy) is 2. The minimum Gasteiger partial charge on any atom is -0.493 e. The average molecular weight is 431 g/mol. The van der Waals surface area contributed by atoms with E-state index in [4.69, 9.17) is 9.47 Å². The number of rotatable bonds is 6.